The summed E-state index contributed by atoms with van der Waals surface area (Å²) in [7, 11) is 1.70. The quantitative estimate of drug-likeness (QED) is 0.882. The summed E-state index contributed by atoms with van der Waals surface area (Å²) in [6.45, 7) is 3.60. The Balaban J connectivity index is 2.19. The minimum Gasteiger partial charge on any atom is -0.383 e. The molecule has 0 aliphatic heterocycles. The van der Waals surface area contributed by atoms with Crippen LogP contribution in [0.3, 0.4) is 0 Å². The summed E-state index contributed by atoms with van der Waals surface area (Å²) in [5.41, 5.74) is 2.35. The molecule has 102 valence electrons. The Morgan fingerprint density at radius 2 is 2.26 bits per heavy atom. The predicted octanol–water partition coefficient (Wildman–Crippen LogP) is 3.60. The number of aryl methyl sites for hydroxylation is 1. The van der Waals surface area contributed by atoms with Gasteiger partial charge in [-0.15, -0.1) is 0 Å². The molecule has 0 bridgehead atoms. The van der Waals surface area contributed by atoms with E-state index in [0.29, 0.717) is 6.61 Å². The van der Waals surface area contributed by atoms with Gasteiger partial charge in [0.25, 0.3) is 0 Å². The molecule has 2 rings (SSSR count). The monoisotopic (exact) mass is 323 g/mol. The van der Waals surface area contributed by atoms with Crippen LogP contribution < -0.4 is 5.32 Å². The highest BCUT2D eigenvalue weighted by Gasteiger charge is 2.06. The van der Waals surface area contributed by atoms with Crippen molar-refractivity contribution in [1.82, 2.24) is 9.55 Å². The molecule has 0 saturated carbocycles. The van der Waals surface area contributed by atoms with Crippen LogP contribution in [0.25, 0.3) is 0 Å². The smallest absolute Gasteiger partial charge is 0.207 e. The van der Waals surface area contributed by atoms with Crippen LogP contribution in [-0.2, 0) is 17.7 Å². The van der Waals surface area contributed by atoms with Crippen LogP contribution in [0.2, 0.25) is 0 Å². The second kappa shape index (κ2) is 6.73. The molecular weight excluding hydrogens is 306 g/mol. The first-order chi connectivity index (χ1) is 9.24. The van der Waals surface area contributed by atoms with E-state index in [1.165, 1.54) is 5.56 Å². The second-order valence-electron chi connectivity index (χ2n) is 4.22. The zero-order valence-electron chi connectivity index (χ0n) is 11.2. The second-order valence-corrected chi connectivity index (χ2v) is 5.13. The fourth-order valence-corrected chi connectivity index (χ4v) is 2.31. The van der Waals surface area contributed by atoms with Crippen molar-refractivity contribution in [2.24, 2.45) is 0 Å². The normalized spacial score (nSPS) is 10.7. The zero-order valence-corrected chi connectivity index (χ0v) is 12.8. The van der Waals surface area contributed by atoms with Gasteiger partial charge in [-0.05, 0) is 30.2 Å². The maximum Gasteiger partial charge on any atom is 0.207 e. The van der Waals surface area contributed by atoms with Gasteiger partial charge in [0.2, 0.25) is 5.95 Å². The third-order valence-corrected chi connectivity index (χ3v) is 3.44. The number of anilines is 2. The molecule has 0 fully saturated rings. The summed E-state index contributed by atoms with van der Waals surface area (Å²) < 4.78 is 8.24. The minimum atomic E-state index is 0.673. The number of nitrogens with zero attached hydrogens (tertiary/aromatic N) is 2. The lowest BCUT2D eigenvalue weighted by Gasteiger charge is -2.12. The van der Waals surface area contributed by atoms with E-state index in [4.69, 9.17) is 4.74 Å². The van der Waals surface area contributed by atoms with Gasteiger partial charge in [0.15, 0.2) is 0 Å². The molecule has 1 N–H and O–H groups in total. The minimum absolute atomic E-state index is 0.673. The summed E-state index contributed by atoms with van der Waals surface area (Å²) in [5, 5.41) is 3.38. The lowest BCUT2D eigenvalue weighted by atomic mass is 10.1. The molecule has 0 aliphatic carbocycles. The molecule has 0 spiro atoms. The molecule has 0 saturated heterocycles. The number of imidazole rings is 1. The molecule has 1 heterocycles. The number of hydrogen-bond acceptors (Lipinski definition) is 3. The van der Waals surface area contributed by atoms with Crippen molar-refractivity contribution in [3.05, 3.63) is 40.6 Å². The van der Waals surface area contributed by atoms with Gasteiger partial charge in [-0.3, -0.25) is 0 Å². The van der Waals surface area contributed by atoms with E-state index in [1.807, 2.05) is 16.8 Å². The Labute approximate surface area is 121 Å². The van der Waals surface area contributed by atoms with Crippen LogP contribution in [-0.4, -0.2) is 23.3 Å². The molecular formula is C14H18BrN3O. The molecule has 1 aromatic heterocycles. The van der Waals surface area contributed by atoms with E-state index in [9.17, 15) is 0 Å². The number of ether oxygens (including phenoxy) is 1. The highest BCUT2D eigenvalue weighted by molar-refractivity contribution is 9.10. The van der Waals surface area contributed by atoms with Gasteiger partial charge in [-0.2, -0.15) is 0 Å². The van der Waals surface area contributed by atoms with E-state index in [-0.39, 0.29) is 0 Å². The molecule has 0 radical (unpaired) electrons. The van der Waals surface area contributed by atoms with Crippen LogP contribution in [0, 0.1) is 0 Å². The van der Waals surface area contributed by atoms with Crippen LogP contribution >= 0.6 is 15.9 Å². The van der Waals surface area contributed by atoms with Gasteiger partial charge in [0, 0.05) is 36.2 Å². The lowest BCUT2D eigenvalue weighted by Crippen LogP contribution is -2.08. The Morgan fingerprint density at radius 3 is 3.00 bits per heavy atom. The van der Waals surface area contributed by atoms with E-state index in [1.54, 1.807) is 13.3 Å². The Kier molecular flexibility index (Phi) is 4.99. The summed E-state index contributed by atoms with van der Waals surface area (Å²) in [5.74, 6) is 0.842. The van der Waals surface area contributed by atoms with Crippen molar-refractivity contribution in [1.29, 1.82) is 0 Å². The van der Waals surface area contributed by atoms with Gasteiger partial charge in [0.05, 0.1) is 6.61 Å². The summed E-state index contributed by atoms with van der Waals surface area (Å²) in [4.78, 5) is 4.35. The van der Waals surface area contributed by atoms with Crippen molar-refractivity contribution in [2.75, 3.05) is 19.0 Å². The predicted molar refractivity (Wildman–Crippen MR) is 80.9 cm³/mol. The highest BCUT2D eigenvalue weighted by Crippen LogP contribution is 2.24. The van der Waals surface area contributed by atoms with Gasteiger partial charge in [0.1, 0.15) is 0 Å². The molecule has 1 aromatic carbocycles. The zero-order chi connectivity index (χ0) is 13.7. The first-order valence-corrected chi connectivity index (χ1v) is 7.09. The van der Waals surface area contributed by atoms with Gasteiger partial charge in [-0.25, -0.2) is 4.98 Å². The summed E-state index contributed by atoms with van der Waals surface area (Å²) in [6, 6.07) is 6.23. The largest absolute Gasteiger partial charge is 0.383 e. The Hall–Kier alpha value is -1.33. The molecule has 4 nitrogen and oxygen atoms in total. The van der Waals surface area contributed by atoms with Gasteiger partial charge in [-0.1, -0.05) is 22.9 Å². The lowest BCUT2D eigenvalue weighted by molar-refractivity contribution is 0.188. The standard InChI is InChI=1S/C14H18BrN3O/c1-3-11-10-12(15)4-5-13(11)17-14-16-6-7-18(14)8-9-19-2/h4-7,10H,3,8-9H2,1-2H3,(H,16,17). The number of nitrogens with one attached hydrogen (secondary N) is 1. The van der Waals surface area contributed by atoms with E-state index in [0.717, 1.165) is 29.1 Å². The number of hydrogen-bond donors (Lipinski definition) is 1. The number of methoxy groups -OCH3 is 1. The van der Waals surface area contributed by atoms with Crippen molar-refractivity contribution >= 4 is 27.6 Å². The van der Waals surface area contributed by atoms with Crippen LogP contribution in [0.5, 0.6) is 0 Å². The highest BCUT2D eigenvalue weighted by atomic mass is 79.9. The Morgan fingerprint density at radius 1 is 1.42 bits per heavy atom. The average Bonchev–Trinajstić information content (AvgIpc) is 2.85. The molecule has 19 heavy (non-hydrogen) atoms. The van der Waals surface area contributed by atoms with E-state index >= 15 is 0 Å². The maximum absolute atomic E-state index is 5.10. The first-order valence-electron chi connectivity index (χ1n) is 6.30. The number of benzene rings is 1. The average molecular weight is 324 g/mol. The van der Waals surface area contributed by atoms with E-state index in [2.05, 4.69) is 45.3 Å². The molecule has 2 aromatic rings. The van der Waals surface area contributed by atoms with Crippen LogP contribution in [0.15, 0.2) is 35.1 Å². The first kappa shape index (κ1) is 14.1. The fraction of sp³-hybridized carbons (Fsp3) is 0.357. The topological polar surface area (TPSA) is 39.1 Å². The van der Waals surface area contributed by atoms with Crippen molar-refractivity contribution in [3.8, 4) is 0 Å². The molecule has 0 unspecified atom stereocenters. The van der Waals surface area contributed by atoms with Gasteiger partial charge >= 0.3 is 0 Å². The van der Waals surface area contributed by atoms with Crippen LogP contribution in [0.1, 0.15) is 12.5 Å². The third-order valence-electron chi connectivity index (χ3n) is 2.95. The maximum atomic E-state index is 5.10. The molecule has 0 atom stereocenters. The number of rotatable bonds is 6. The van der Waals surface area contributed by atoms with Crippen LogP contribution in [0.4, 0.5) is 11.6 Å². The SMILES string of the molecule is CCc1cc(Br)ccc1Nc1nccn1CCOC. The third kappa shape index (κ3) is 3.58. The van der Waals surface area contributed by atoms with Crippen molar-refractivity contribution in [3.63, 3.8) is 0 Å². The van der Waals surface area contributed by atoms with Crippen molar-refractivity contribution in [2.45, 2.75) is 19.9 Å². The summed E-state index contributed by atoms with van der Waals surface area (Å²) >= 11 is 3.50. The van der Waals surface area contributed by atoms with E-state index < -0.39 is 0 Å². The molecule has 5 heteroatoms. The van der Waals surface area contributed by atoms with Crippen molar-refractivity contribution < 1.29 is 4.74 Å². The Bertz CT molecular complexity index is 539. The number of aromatic nitrogens is 2. The summed E-state index contributed by atoms with van der Waals surface area (Å²) in [6.07, 6.45) is 4.72. The number of halogens is 1. The van der Waals surface area contributed by atoms with Gasteiger partial charge < -0.3 is 14.6 Å². The fourth-order valence-electron chi connectivity index (χ4n) is 1.90. The molecule has 0 amide bonds. The molecule has 0 aliphatic rings.